The number of hydrogen-bond acceptors (Lipinski definition) is 3. The molecule has 1 unspecified atom stereocenters. The summed E-state index contributed by atoms with van der Waals surface area (Å²) in [6, 6.07) is 4.61. The molecule has 1 N–H and O–H groups in total. The molecule has 0 spiro atoms. The Morgan fingerprint density at radius 3 is 2.69 bits per heavy atom. The minimum absolute atomic E-state index is 0.0997. The molecule has 16 heavy (non-hydrogen) atoms. The third-order valence-corrected chi connectivity index (χ3v) is 4.20. The Balaban J connectivity index is 2.43. The summed E-state index contributed by atoms with van der Waals surface area (Å²) in [6.45, 7) is 10.0. The number of nitrogens with one attached hydrogen (secondary N) is 1. The average Bonchev–Trinajstić information content (AvgIpc) is 2.61. The van der Waals surface area contributed by atoms with E-state index in [1.807, 2.05) is 6.92 Å². The highest BCUT2D eigenvalue weighted by molar-refractivity contribution is 9.11. The Morgan fingerprint density at radius 1 is 1.50 bits per heavy atom. The topological polar surface area (TPSA) is 21.3 Å². The maximum atomic E-state index is 5.65. The van der Waals surface area contributed by atoms with Gasteiger partial charge in [-0.3, -0.25) is 0 Å². The van der Waals surface area contributed by atoms with Crippen LogP contribution in [0.5, 0.6) is 0 Å². The van der Waals surface area contributed by atoms with Crippen molar-refractivity contribution in [3.63, 3.8) is 0 Å². The van der Waals surface area contributed by atoms with Gasteiger partial charge < -0.3 is 10.1 Å². The molecule has 0 saturated carbocycles. The summed E-state index contributed by atoms with van der Waals surface area (Å²) in [5.41, 5.74) is -0.0997. The lowest BCUT2D eigenvalue weighted by molar-refractivity contribution is -0.0102. The molecule has 1 aromatic rings. The van der Waals surface area contributed by atoms with Crippen LogP contribution in [0, 0.1) is 0 Å². The zero-order valence-corrected chi connectivity index (χ0v) is 12.7. The second-order valence-electron chi connectivity index (χ2n) is 4.44. The molecule has 2 nitrogen and oxygen atoms in total. The van der Waals surface area contributed by atoms with E-state index in [9.17, 15) is 0 Å². The van der Waals surface area contributed by atoms with Gasteiger partial charge in [-0.15, -0.1) is 11.3 Å². The number of rotatable bonds is 6. The van der Waals surface area contributed by atoms with E-state index < -0.39 is 0 Å². The Bertz CT molecular complexity index is 325. The van der Waals surface area contributed by atoms with Crippen molar-refractivity contribution in [3.8, 4) is 0 Å². The van der Waals surface area contributed by atoms with E-state index in [-0.39, 0.29) is 5.60 Å². The fourth-order valence-electron chi connectivity index (χ4n) is 1.50. The van der Waals surface area contributed by atoms with Crippen LogP contribution in [0.25, 0.3) is 0 Å². The zero-order valence-electron chi connectivity index (χ0n) is 10.3. The fourth-order valence-corrected chi connectivity index (χ4v) is 2.95. The number of hydrogen-bond donors (Lipinski definition) is 1. The van der Waals surface area contributed by atoms with Crippen LogP contribution in [0.2, 0.25) is 0 Å². The summed E-state index contributed by atoms with van der Waals surface area (Å²) < 4.78 is 6.83. The van der Waals surface area contributed by atoms with Gasteiger partial charge in [0.15, 0.2) is 0 Å². The van der Waals surface area contributed by atoms with Crippen LogP contribution >= 0.6 is 27.3 Å². The minimum Gasteiger partial charge on any atom is -0.375 e. The number of ether oxygens (including phenoxy) is 1. The molecule has 0 amide bonds. The molecule has 0 aromatic carbocycles. The average molecular weight is 306 g/mol. The first-order valence-electron chi connectivity index (χ1n) is 5.57. The van der Waals surface area contributed by atoms with E-state index in [1.54, 1.807) is 11.3 Å². The molecule has 0 bridgehead atoms. The zero-order chi connectivity index (χ0) is 12.2. The van der Waals surface area contributed by atoms with Crippen molar-refractivity contribution in [2.45, 2.75) is 39.3 Å². The lowest BCUT2D eigenvalue weighted by Crippen LogP contribution is -2.38. The van der Waals surface area contributed by atoms with Crippen LogP contribution in [0.4, 0.5) is 0 Å². The van der Waals surface area contributed by atoms with Gasteiger partial charge in [-0.1, -0.05) is 0 Å². The van der Waals surface area contributed by atoms with Crippen molar-refractivity contribution < 1.29 is 4.74 Å². The minimum atomic E-state index is -0.0997. The summed E-state index contributed by atoms with van der Waals surface area (Å²) in [5.74, 6) is 0. The van der Waals surface area contributed by atoms with Crippen molar-refractivity contribution in [2.75, 3.05) is 13.2 Å². The van der Waals surface area contributed by atoms with Gasteiger partial charge in [-0.2, -0.15) is 0 Å². The van der Waals surface area contributed by atoms with Crippen molar-refractivity contribution in [2.24, 2.45) is 0 Å². The molecule has 4 heteroatoms. The van der Waals surface area contributed by atoms with Gasteiger partial charge in [-0.25, -0.2) is 0 Å². The predicted molar refractivity (Wildman–Crippen MR) is 74.1 cm³/mol. The van der Waals surface area contributed by atoms with Gasteiger partial charge in [0.25, 0.3) is 0 Å². The van der Waals surface area contributed by atoms with Gasteiger partial charge in [0, 0.05) is 24.1 Å². The SMILES string of the molecule is CCOC(C)(C)CNC(C)c1ccc(Br)s1. The predicted octanol–water partition coefficient (Wildman–Crippen LogP) is 3.98. The molecular weight excluding hydrogens is 286 g/mol. The van der Waals surface area contributed by atoms with Gasteiger partial charge in [0.05, 0.1) is 9.39 Å². The lowest BCUT2D eigenvalue weighted by atomic mass is 10.1. The molecule has 92 valence electrons. The van der Waals surface area contributed by atoms with Crippen molar-refractivity contribution in [1.82, 2.24) is 5.32 Å². The van der Waals surface area contributed by atoms with Crippen molar-refractivity contribution in [1.29, 1.82) is 0 Å². The van der Waals surface area contributed by atoms with E-state index in [2.05, 4.69) is 54.2 Å². The highest BCUT2D eigenvalue weighted by atomic mass is 79.9. The molecule has 1 aromatic heterocycles. The Kier molecular flexibility index (Phi) is 5.44. The highest BCUT2D eigenvalue weighted by Gasteiger charge is 2.19. The maximum absolute atomic E-state index is 5.65. The monoisotopic (exact) mass is 305 g/mol. The molecule has 1 atom stereocenters. The second-order valence-corrected chi connectivity index (χ2v) is 6.93. The van der Waals surface area contributed by atoms with Crippen LogP contribution in [-0.2, 0) is 4.74 Å². The first-order chi connectivity index (χ1) is 7.44. The van der Waals surface area contributed by atoms with E-state index in [0.29, 0.717) is 6.04 Å². The Morgan fingerprint density at radius 2 is 2.19 bits per heavy atom. The van der Waals surface area contributed by atoms with Crippen LogP contribution < -0.4 is 5.32 Å². The molecular formula is C12H20BrNOS. The Labute approximate surface area is 111 Å². The summed E-state index contributed by atoms with van der Waals surface area (Å²) >= 11 is 5.26. The highest BCUT2D eigenvalue weighted by Crippen LogP contribution is 2.27. The first kappa shape index (κ1) is 14.2. The lowest BCUT2D eigenvalue weighted by Gasteiger charge is -2.26. The summed E-state index contributed by atoms with van der Waals surface area (Å²) in [6.07, 6.45) is 0. The van der Waals surface area contributed by atoms with Gasteiger partial charge in [-0.05, 0) is 55.8 Å². The van der Waals surface area contributed by atoms with E-state index in [0.717, 1.165) is 13.2 Å². The molecule has 1 heterocycles. The molecule has 0 saturated heterocycles. The van der Waals surface area contributed by atoms with Crippen molar-refractivity contribution >= 4 is 27.3 Å². The van der Waals surface area contributed by atoms with Gasteiger partial charge in [0.2, 0.25) is 0 Å². The van der Waals surface area contributed by atoms with Gasteiger partial charge >= 0.3 is 0 Å². The number of thiophene rings is 1. The molecule has 0 fully saturated rings. The van der Waals surface area contributed by atoms with Crippen LogP contribution in [-0.4, -0.2) is 18.8 Å². The normalized spacial score (nSPS) is 14.1. The molecule has 0 aliphatic rings. The smallest absolute Gasteiger partial charge is 0.0750 e. The molecule has 1 rings (SSSR count). The molecule has 0 radical (unpaired) electrons. The first-order valence-corrected chi connectivity index (χ1v) is 7.18. The molecule has 0 aliphatic carbocycles. The number of halogens is 1. The van der Waals surface area contributed by atoms with Crippen LogP contribution in [0.3, 0.4) is 0 Å². The summed E-state index contributed by atoms with van der Waals surface area (Å²) in [4.78, 5) is 1.35. The van der Waals surface area contributed by atoms with Crippen LogP contribution in [0.1, 0.15) is 38.6 Å². The maximum Gasteiger partial charge on any atom is 0.0750 e. The quantitative estimate of drug-likeness (QED) is 0.858. The second kappa shape index (κ2) is 6.15. The standard InChI is InChI=1S/C12H20BrNOS/c1-5-15-12(3,4)8-14-9(2)10-6-7-11(13)16-10/h6-7,9,14H,5,8H2,1-4H3. The van der Waals surface area contributed by atoms with E-state index in [1.165, 1.54) is 8.66 Å². The summed E-state index contributed by atoms with van der Waals surface area (Å²) in [7, 11) is 0. The third-order valence-electron chi connectivity index (χ3n) is 2.39. The van der Waals surface area contributed by atoms with E-state index in [4.69, 9.17) is 4.74 Å². The van der Waals surface area contributed by atoms with E-state index >= 15 is 0 Å². The Hall–Kier alpha value is 0.1000. The van der Waals surface area contributed by atoms with Gasteiger partial charge in [0.1, 0.15) is 0 Å². The third kappa shape index (κ3) is 4.53. The van der Waals surface area contributed by atoms with Crippen LogP contribution in [0.15, 0.2) is 15.9 Å². The van der Waals surface area contributed by atoms with Crippen molar-refractivity contribution in [3.05, 3.63) is 20.8 Å². The molecule has 0 aliphatic heterocycles. The largest absolute Gasteiger partial charge is 0.375 e. The summed E-state index contributed by atoms with van der Waals surface area (Å²) in [5, 5.41) is 3.50. The fraction of sp³-hybridized carbons (Fsp3) is 0.667.